The number of primary amides is 1. The average Bonchev–Trinajstić information content (AvgIpc) is 3.73. The summed E-state index contributed by atoms with van der Waals surface area (Å²) < 4.78 is 11.8. The Balaban J connectivity index is 1.76. The van der Waals surface area contributed by atoms with Crippen molar-refractivity contribution in [1.29, 1.82) is 0 Å². The van der Waals surface area contributed by atoms with Gasteiger partial charge in [-0.2, -0.15) is 0 Å². The Labute approximate surface area is 296 Å². The molecule has 0 unspecified atom stereocenters. The summed E-state index contributed by atoms with van der Waals surface area (Å²) in [6, 6.07) is 5.21. The summed E-state index contributed by atoms with van der Waals surface area (Å²) in [5, 5.41) is 6.56. The van der Waals surface area contributed by atoms with Crippen LogP contribution in [0.2, 0.25) is 0 Å². The van der Waals surface area contributed by atoms with Crippen molar-refractivity contribution in [3.8, 4) is 0 Å². The normalized spacial score (nSPS) is 18.9. The zero-order valence-corrected chi connectivity index (χ0v) is 31.2. The van der Waals surface area contributed by atoms with E-state index < -0.39 is 54.1 Å². The molecule has 1 aromatic carbocycles. The molecule has 13 nitrogen and oxygen atoms in total. The first-order chi connectivity index (χ1) is 23.7. The van der Waals surface area contributed by atoms with Crippen LogP contribution in [0.25, 0.3) is 10.9 Å². The minimum Gasteiger partial charge on any atom is -0.379 e. The zero-order valence-electron chi connectivity index (χ0n) is 31.2. The predicted molar refractivity (Wildman–Crippen MR) is 192 cm³/mol. The second-order valence-corrected chi connectivity index (χ2v) is 14.0. The van der Waals surface area contributed by atoms with E-state index in [0.29, 0.717) is 13.0 Å². The third-order valence-corrected chi connectivity index (χ3v) is 10.3. The Kier molecular flexibility index (Phi) is 14.8. The molecule has 1 aliphatic heterocycles. The van der Waals surface area contributed by atoms with E-state index in [2.05, 4.69) is 15.6 Å². The summed E-state index contributed by atoms with van der Waals surface area (Å²) in [4.78, 5) is 72.3. The van der Waals surface area contributed by atoms with Crippen LogP contribution < -0.4 is 16.4 Å². The smallest absolute Gasteiger partial charge is 0.245 e. The van der Waals surface area contributed by atoms with Gasteiger partial charge in [-0.1, -0.05) is 59.2 Å². The van der Waals surface area contributed by atoms with Crippen LogP contribution in [0.4, 0.5) is 0 Å². The average molecular weight is 699 g/mol. The number of benzene rings is 1. The third kappa shape index (κ3) is 9.63. The van der Waals surface area contributed by atoms with Crippen LogP contribution in [0, 0.1) is 17.8 Å². The molecule has 50 heavy (non-hydrogen) atoms. The van der Waals surface area contributed by atoms with E-state index in [1.54, 1.807) is 23.8 Å². The zero-order chi connectivity index (χ0) is 37.3. The fraction of sp³-hybridized carbons (Fsp3) is 0.649. The van der Waals surface area contributed by atoms with Gasteiger partial charge in [0.1, 0.15) is 12.1 Å². The molecular formula is C37H58N6O7. The SMILES string of the molecule is CC[C@H](C)[C@@H]([C@@H](CC(=O)N1CCC[C@H]1[C@H](OC)[C@@H](C)C(=O)N[C@@H](Cc1c[nH]c2ccccc12)C(N)=O)OC)N(C)C(=O)[C@@H](NC(C)=O)C(C)C. The van der Waals surface area contributed by atoms with E-state index in [1.807, 2.05) is 58.2 Å². The number of para-hydroxylation sites is 1. The van der Waals surface area contributed by atoms with Gasteiger partial charge >= 0.3 is 0 Å². The number of hydrogen-bond donors (Lipinski definition) is 4. The van der Waals surface area contributed by atoms with Crippen molar-refractivity contribution in [2.24, 2.45) is 23.5 Å². The number of aromatic amines is 1. The number of carbonyl (C=O) groups is 5. The summed E-state index contributed by atoms with van der Waals surface area (Å²) >= 11 is 0. The van der Waals surface area contributed by atoms with Crippen molar-refractivity contribution in [2.45, 2.75) is 110 Å². The first-order valence-corrected chi connectivity index (χ1v) is 17.7. The van der Waals surface area contributed by atoms with Gasteiger partial charge in [-0.15, -0.1) is 0 Å². The number of nitrogens with zero attached hydrogens (tertiary/aromatic N) is 2. The molecule has 3 rings (SSSR count). The van der Waals surface area contributed by atoms with Gasteiger partial charge in [-0.05, 0) is 36.3 Å². The minimum atomic E-state index is -0.941. The molecule has 1 saturated heterocycles. The van der Waals surface area contributed by atoms with Crippen molar-refractivity contribution in [1.82, 2.24) is 25.4 Å². The molecule has 0 saturated carbocycles. The standard InChI is InChI=1S/C37H58N6O7/c1-10-22(4)33(42(7)37(48)32(21(2)3)40-24(6)44)30(49-8)19-31(45)43-17-13-16-29(43)34(50-9)23(5)36(47)41-28(35(38)46)18-25-20-39-27-15-12-11-14-26(25)27/h11-12,14-15,20-23,28-30,32-34,39H,10,13,16-19H2,1-9H3,(H2,38,46)(H,40,44)(H,41,47)/t22-,23+,28-,29-,30+,32-,33-,34+/m0/s1. The third-order valence-electron chi connectivity index (χ3n) is 10.3. The van der Waals surface area contributed by atoms with Gasteiger partial charge in [0.25, 0.3) is 0 Å². The summed E-state index contributed by atoms with van der Waals surface area (Å²) in [6.07, 6.45) is 2.87. The second-order valence-electron chi connectivity index (χ2n) is 14.0. The highest BCUT2D eigenvalue weighted by atomic mass is 16.5. The molecule has 1 aromatic heterocycles. The van der Waals surface area contributed by atoms with Crippen LogP contribution in [0.3, 0.4) is 0 Å². The van der Waals surface area contributed by atoms with Crippen LogP contribution in [-0.4, -0.2) is 109 Å². The number of fused-ring (bicyclic) bond motifs is 1. The molecule has 1 fully saturated rings. The number of likely N-dealkylation sites (N-methyl/N-ethyl adjacent to an activating group) is 1. The molecule has 5 N–H and O–H groups in total. The molecule has 2 aromatic rings. The maximum Gasteiger partial charge on any atom is 0.245 e. The van der Waals surface area contributed by atoms with E-state index in [9.17, 15) is 24.0 Å². The number of nitrogens with one attached hydrogen (secondary N) is 3. The van der Waals surface area contributed by atoms with Gasteiger partial charge in [0.15, 0.2) is 0 Å². The monoisotopic (exact) mass is 698 g/mol. The number of aromatic nitrogens is 1. The number of rotatable bonds is 18. The second kappa shape index (κ2) is 18.3. The first kappa shape index (κ1) is 40.5. The summed E-state index contributed by atoms with van der Waals surface area (Å²) in [6.45, 7) is 11.4. The molecule has 278 valence electrons. The highest BCUT2D eigenvalue weighted by Crippen LogP contribution is 2.30. The molecule has 1 aliphatic rings. The minimum absolute atomic E-state index is 0.0114. The lowest BCUT2D eigenvalue weighted by Crippen LogP contribution is -2.57. The van der Waals surface area contributed by atoms with Crippen LogP contribution in [0.1, 0.15) is 72.8 Å². The van der Waals surface area contributed by atoms with Crippen LogP contribution in [0.5, 0.6) is 0 Å². The number of hydrogen-bond acceptors (Lipinski definition) is 7. The van der Waals surface area contributed by atoms with Crippen LogP contribution >= 0.6 is 0 Å². The Bertz CT molecular complexity index is 1480. The highest BCUT2D eigenvalue weighted by Gasteiger charge is 2.43. The van der Waals surface area contributed by atoms with Gasteiger partial charge < -0.3 is 40.6 Å². The molecule has 8 atom stereocenters. The van der Waals surface area contributed by atoms with Gasteiger partial charge in [-0.25, -0.2) is 0 Å². The maximum absolute atomic E-state index is 14.1. The quantitative estimate of drug-likeness (QED) is 0.185. The van der Waals surface area contributed by atoms with Crippen LogP contribution in [0.15, 0.2) is 30.5 Å². The Morgan fingerprint density at radius 2 is 1.74 bits per heavy atom. The topological polar surface area (TPSA) is 176 Å². The number of nitrogens with two attached hydrogens (primary N) is 1. The Morgan fingerprint density at radius 3 is 2.32 bits per heavy atom. The lowest BCUT2D eigenvalue weighted by molar-refractivity contribution is -0.147. The van der Waals surface area contributed by atoms with Crippen molar-refractivity contribution in [3.63, 3.8) is 0 Å². The molecule has 5 amide bonds. The molecule has 0 radical (unpaired) electrons. The fourth-order valence-corrected chi connectivity index (χ4v) is 7.30. The van der Waals surface area contributed by atoms with Crippen LogP contribution in [-0.2, 0) is 39.9 Å². The van der Waals surface area contributed by atoms with E-state index >= 15 is 0 Å². The van der Waals surface area contributed by atoms with E-state index in [4.69, 9.17) is 15.2 Å². The van der Waals surface area contributed by atoms with Gasteiger partial charge in [0, 0.05) is 58.3 Å². The van der Waals surface area contributed by atoms with Crippen molar-refractivity contribution in [3.05, 3.63) is 36.0 Å². The predicted octanol–water partition coefficient (Wildman–Crippen LogP) is 2.76. The van der Waals surface area contributed by atoms with Crippen molar-refractivity contribution >= 4 is 40.4 Å². The Morgan fingerprint density at radius 1 is 1.06 bits per heavy atom. The number of likely N-dealkylation sites (tertiary alicyclic amines) is 1. The van der Waals surface area contributed by atoms with Gasteiger partial charge in [0.2, 0.25) is 29.5 Å². The largest absolute Gasteiger partial charge is 0.379 e. The number of carbonyl (C=O) groups excluding carboxylic acids is 5. The summed E-state index contributed by atoms with van der Waals surface area (Å²) in [7, 11) is 4.76. The number of methoxy groups -OCH3 is 2. The Hall–Kier alpha value is -3.97. The summed E-state index contributed by atoms with van der Waals surface area (Å²) in [5.74, 6) is -2.61. The fourth-order valence-electron chi connectivity index (χ4n) is 7.30. The molecule has 0 spiro atoms. The first-order valence-electron chi connectivity index (χ1n) is 17.7. The lowest BCUT2D eigenvalue weighted by Gasteiger charge is -2.40. The van der Waals surface area contributed by atoms with E-state index in [-0.39, 0.29) is 42.4 Å². The molecule has 2 heterocycles. The lowest BCUT2D eigenvalue weighted by atomic mass is 9.89. The van der Waals surface area contributed by atoms with Gasteiger partial charge in [-0.3, -0.25) is 24.0 Å². The van der Waals surface area contributed by atoms with Gasteiger partial charge in [0.05, 0.1) is 36.6 Å². The molecule has 0 aliphatic carbocycles. The summed E-state index contributed by atoms with van der Waals surface area (Å²) in [5.41, 5.74) is 7.52. The number of amides is 5. The van der Waals surface area contributed by atoms with Crippen molar-refractivity contribution < 1.29 is 33.4 Å². The molecule has 13 heteroatoms. The van der Waals surface area contributed by atoms with E-state index in [0.717, 1.165) is 29.3 Å². The number of H-pyrrole nitrogens is 1. The van der Waals surface area contributed by atoms with E-state index in [1.165, 1.54) is 21.1 Å². The highest BCUT2D eigenvalue weighted by molar-refractivity contribution is 5.90. The molecular weight excluding hydrogens is 640 g/mol. The maximum atomic E-state index is 14.1. The van der Waals surface area contributed by atoms with Crippen molar-refractivity contribution in [2.75, 3.05) is 27.8 Å². The molecule has 0 bridgehead atoms. The number of ether oxygens (including phenoxy) is 2.